The lowest BCUT2D eigenvalue weighted by molar-refractivity contribution is -0.148. The Hall–Kier alpha value is -1.30. The van der Waals surface area contributed by atoms with E-state index >= 15 is 0 Å². The van der Waals surface area contributed by atoms with E-state index in [1.807, 2.05) is 0 Å². The summed E-state index contributed by atoms with van der Waals surface area (Å²) in [5.41, 5.74) is -1.05. The van der Waals surface area contributed by atoms with Crippen LogP contribution in [0.15, 0.2) is 0 Å². The lowest BCUT2D eigenvalue weighted by atomic mass is 9.77. The first kappa shape index (κ1) is 15.8. The summed E-state index contributed by atoms with van der Waals surface area (Å²) in [6.45, 7) is 5.76. The number of carbonyl (C=O) groups excluding carboxylic acids is 1. The maximum absolute atomic E-state index is 11.6. The van der Waals surface area contributed by atoms with Gasteiger partial charge in [0.25, 0.3) is 0 Å². The van der Waals surface area contributed by atoms with Gasteiger partial charge in [-0.3, -0.25) is 0 Å². The molecular weight excluding hydrogens is 248 g/mol. The van der Waals surface area contributed by atoms with Crippen LogP contribution in [0.5, 0.6) is 0 Å². The molecular formula is C13H24N2O4. The van der Waals surface area contributed by atoms with E-state index in [0.29, 0.717) is 38.5 Å². The van der Waals surface area contributed by atoms with E-state index in [4.69, 9.17) is 9.84 Å². The molecule has 0 saturated heterocycles. The Kier molecular flexibility index (Phi) is 6.08. The summed E-state index contributed by atoms with van der Waals surface area (Å²) >= 11 is 0. The number of rotatable bonds is 8. The molecule has 1 rings (SSSR count). The fourth-order valence-corrected chi connectivity index (χ4v) is 1.84. The number of hydrogen-bond donors (Lipinski definition) is 3. The van der Waals surface area contributed by atoms with Crippen LogP contribution in [0.1, 0.15) is 39.5 Å². The summed E-state index contributed by atoms with van der Waals surface area (Å²) in [5, 5.41) is 14.2. The first-order chi connectivity index (χ1) is 8.96. The monoisotopic (exact) mass is 272 g/mol. The number of urea groups is 1. The predicted octanol–water partition coefficient (Wildman–Crippen LogP) is 1.36. The molecule has 1 saturated carbocycles. The van der Waals surface area contributed by atoms with E-state index in [-0.39, 0.29) is 0 Å². The Morgan fingerprint density at radius 2 is 2.00 bits per heavy atom. The van der Waals surface area contributed by atoms with Crippen molar-refractivity contribution in [3.05, 3.63) is 0 Å². The summed E-state index contributed by atoms with van der Waals surface area (Å²) < 4.78 is 5.35. The number of carbonyl (C=O) groups is 2. The molecule has 0 bridgehead atoms. The van der Waals surface area contributed by atoms with Crippen LogP contribution >= 0.6 is 0 Å². The molecule has 0 aromatic heterocycles. The van der Waals surface area contributed by atoms with Crippen LogP contribution in [-0.2, 0) is 9.53 Å². The van der Waals surface area contributed by atoms with Crippen molar-refractivity contribution in [2.45, 2.75) is 45.1 Å². The van der Waals surface area contributed by atoms with E-state index < -0.39 is 17.5 Å². The van der Waals surface area contributed by atoms with Gasteiger partial charge in [-0.1, -0.05) is 13.8 Å². The Labute approximate surface area is 113 Å². The topological polar surface area (TPSA) is 87.7 Å². The third-order valence-electron chi connectivity index (χ3n) is 3.34. The molecule has 0 atom stereocenters. The van der Waals surface area contributed by atoms with Crippen molar-refractivity contribution in [3.63, 3.8) is 0 Å². The Balaban J connectivity index is 2.10. The highest BCUT2D eigenvalue weighted by molar-refractivity contribution is 5.87. The SMILES string of the molecule is CC(C)CCOCCNC(=O)NC1(C(=O)O)CCC1. The van der Waals surface area contributed by atoms with Crippen molar-refractivity contribution in [1.82, 2.24) is 10.6 Å². The van der Waals surface area contributed by atoms with Gasteiger partial charge < -0.3 is 20.5 Å². The van der Waals surface area contributed by atoms with Crippen molar-refractivity contribution in [1.29, 1.82) is 0 Å². The number of nitrogens with one attached hydrogen (secondary N) is 2. The highest BCUT2D eigenvalue weighted by atomic mass is 16.5. The van der Waals surface area contributed by atoms with Crippen LogP contribution in [-0.4, -0.2) is 42.4 Å². The maximum atomic E-state index is 11.6. The molecule has 1 fully saturated rings. The van der Waals surface area contributed by atoms with Gasteiger partial charge in [0, 0.05) is 13.2 Å². The minimum Gasteiger partial charge on any atom is -0.480 e. The third-order valence-corrected chi connectivity index (χ3v) is 3.34. The highest BCUT2D eigenvalue weighted by Crippen LogP contribution is 2.31. The highest BCUT2D eigenvalue weighted by Gasteiger charge is 2.45. The lowest BCUT2D eigenvalue weighted by Gasteiger charge is -2.38. The molecule has 110 valence electrons. The van der Waals surface area contributed by atoms with Gasteiger partial charge in [-0.15, -0.1) is 0 Å². The number of hydrogen-bond acceptors (Lipinski definition) is 3. The number of amides is 2. The summed E-state index contributed by atoms with van der Waals surface area (Å²) in [7, 11) is 0. The van der Waals surface area contributed by atoms with Crippen LogP contribution in [0, 0.1) is 5.92 Å². The van der Waals surface area contributed by atoms with Crippen LogP contribution in [0.3, 0.4) is 0 Å². The largest absolute Gasteiger partial charge is 0.480 e. The van der Waals surface area contributed by atoms with E-state index in [1.54, 1.807) is 0 Å². The van der Waals surface area contributed by atoms with Gasteiger partial charge in [-0.2, -0.15) is 0 Å². The molecule has 1 aliphatic rings. The third kappa shape index (κ3) is 5.06. The Bertz CT molecular complexity index is 314. The van der Waals surface area contributed by atoms with Gasteiger partial charge in [0.1, 0.15) is 5.54 Å². The number of ether oxygens (including phenoxy) is 1. The van der Waals surface area contributed by atoms with Crippen molar-refractivity contribution in [2.75, 3.05) is 19.8 Å². The molecule has 0 radical (unpaired) electrons. The minimum atomic E-state index is -1.05. The van der Waals surface area contributed by atoms with E-state index in [2.05, 4.69) is 24.5 Å². The van der Waals surface area contributed by atoms with E-state index in [9.17, 15) is 9.59 Å². The van der Waals surface area contributed by atoms with E-state index in [1.165, 1.54) is 0 Å². The van der Waals surface area contributed by atoms with Gasteiger partial charge in [0.05, 0.1) is 6.61 Å². The number of carboxylic acids is 1. The quantitative estimate of drug-likeness (QED) is 0.582. The predicted molar refractivity (Wildman–Crippen MR) is 71.0 cm³/mol. The van der Waals surface area contributed by atoms with Crippen molar-refractivity contribution in [2.24, 2.45) is 5.92 Å². The number of aliphatic carboxylic acids is 1. The zero-order valence-electron chi connectivity index (χ0n) is 11.7. The first-order valence-electron chi connectivity index (χ1n) is 6.83. The van der Waals surface area contributed by atoms with Crippen LogP contribution in [0.4, 0.5) is 4.79 Å². The fourth-order valence-electron chi connectivity index (χ4n) is 1.84. The average molecular weight is 272 g/mol. The molecule has 0 spiro atoms. The summed E-state index contributed by atoms with van der Waals surface area (Å²) in [4.78, 5) is 22.6. The second-order valence-corrected chi connectivity index (χ2v) is 5.42. The molecule has 0 aromatic carbocycles. The Morgan fingerprint density at radius 3 is 2.47 bits per heavy atom. The van der Waals surface area contributed by atoms with Gasteiger partial charge in [-0.05, 0) is 31.6 Å². The summed E-state index contributed by atoms with van der Waals surface area (Å²) in [6.07, 6.45) is 2.83. The van der Waals surface area contributed by atoms with Crippen molar-refractivity contribution < 1.29 is 19.4 Å². The van der Waals surface area contributed by atoms with Crippen LogP contribution in [0.25, 0.3) is 0 Å². The van der Waals surface area contributed by atoms with Gasteiger partial charge in [-0.25, -0.2) is 9.59 Å². The van der Waals surface area contributed by atoms with Crippen LogP contribution in [0.2, 0.25) is 0 Å². The average Bonchev–Trinajstić information content (AvgIpc) is 2.27. The zero-order chi connectivity index (χ0) is 14.3. The second-order valence-electron chi connectivity index (χ2n) is 5.42. The molecule has 3 N–H and O–H groups in total. The van der Waals surface area contributed by atoms with Crippen molar-refractivity contribution in [3.8, 4) is 0 Å². The van der Waals surface area contributed by atoms with Gasteiger partial charge >= 0.3 is 12.0 Å². The Morgan fingerprint density at radius 1 is 1.32 bits per heavy atom. The molecule has 2 amide bonds. The molecule has 6 heteroatoms. The maximum Gasteiger partial charge on any atom is 0.329 e. The second kappa shape index (κ2) is 7.33. The molecule has 1 aliphatic carbocycles. The first-order valence-corrected chi connectivity index (χ1v) is 6.83. The van der Waals surface area contributed by atoms with Crippen molar-refractivity contribution >= 4 is 12.0 Å². The summed E-state index contributed by atoms with van der Waals surface area (Å²) in [6, 6.07) is -0.436. The number of carboxylic acid groups (broad SMARTS) is 1. The zero-order valence-corrected chi connectivity index (χ0v) is 11.7. The molecule has 0 unspecified atom stereocenters. The fraction of sp³-hybridized carbons (Fsp3) is 0.846. The molecule has 0 aromatic rings. The minimum absolute atomic E-state index is 0.389. The summed E-state index contributed by atoms with van der Waals surface area (Å²) in [5.74, 6) is -0.354. The van der Waals surface area contributed by atoms with Gasteiger partial charge in [0.2, 0.25) is 0 Å². The normalized spacial score (nSPS) is 16.8. The van der Waals surface area contributed by atoms with Gasteiger partial charge in [0.15, 0.2) is 0 Å². The smallest absolute Gasteiger partial charge is 0.329 e. The molecule has 0 aliphatic heterocycles. The molecule has 19 heavy (non-hydrogen) atoms. The standard InChI is InChI=1S/C13H24N2O4/c1-10(2)4-8-19-9-7-14-12(18)15-13(11(16)17)5-3-6-13/h10H,3-9H2,1-2H3,(H,16,17)(H2,14,15,18). The lowest BCUT2D eigenvalue weighted by Crippen LogP contribution is -2.61. The van der Waals surface area contributed by atoms with E-state index in [0.717, 1.165) is 12.8 Å². The molecule has 0 heterocycles. The van der Waals surface area contributed by atoms with Crippen LogP contribution < -0.4 is 10.6 Å². The molecule has 6 nitrogen and oxygen atoms in total.